The van der Waals surface area contributed by atoms with E-state index < -0.39 is 0 Å². The summed E-state index contributed by atoms with van der Waals surface area (Å²) in [5, 5.41) is 4.08. The molecule has 0 bridgehead atoms. The van der Waals surface area contributed by atoms with Gasteiger partial charge >= 0.3 is 0 Å². The number of hydrogen-bond donors (Lipinski definition) is 1. The first-order valence-electron chi connectivity index (χ1n) is 8.28. The predicted octanol–water partition coefficient (Wildman–Crippen LogP) is 3.19. The van der Waals surface area contributed by atoms with E-state index in [0.717, 1.165) is 55.0 Å². The number of ether oxygens (including phenoxy) is 1. The third-order valence-corrected chi connectivity index (χ3v) is 4.40. The highest BCUT2D eigenvalue weighted by atomic mass is 32.1. The third-order valence-electron chi connectivity index (χ3n) is 4.04. The number of anilines is 1. The molecule has 1 aliphatic rings. The Morgan fingerprint density at radius 3 is 2.54 bits per heavy atom. The maximum Gasteiger partial charge on any atom is 0.173 e. The minimum absolute atomic E-state index is 0.674. The number of rotatable bonds is 5. The second kappa shape index (κ2) is 8.17. The van der Waals surface area contributed by atoms with Crippen molar-refractivity contribution in [2.24, 2.45) is 0 Å². The van der Waals surface area contributed by atoms with Crippen LogP contribution in [0.2, 0.25) is 0 Å². The number of benzene rings is 1. The van der Waals surface area contributed by atoms with Crippen LogP contribution in [0, 0.1) is 0 Å². The van der Waals surface area contributed by atoms with Crippen LogP contribution in [0.25, 0.3) is 0 Å². The molecule has 1 N–H and O–H groups in total. The highest BCUT2D eigenvalue weighted by molar-refractivity contribution is 7.80. The number of furan rings is 1. The lowest BCUT2D eigenvalue weighted by molar-refractivity contribution is 0.166. The summed E-state index contributed by atoms with van der Waals surface area (Å²) in [5.41, 5.74) is 0.987. The fraction of sp³-hybridized carbons (Fsp3) is 0.389. The summed E-state index contributed by atoms with van der Waals surface area (Å²) in [5.74, 6) is 1.89. The third kappa shape index (κ3) is 4.49. The average Bonchev–Trinajstić information content (AvgIpc) is 3.10. The van der Waals surface area contributed by atoms with Crippen LogP contribution in [0.5, 0.6) is 5.75 Å². The molecule has 3 rings (SSSR count). The standard InChI is InChI=1S/C18H23N3O2S/c1-2-22-16-7-5-15(6-8-16)19-18(24)21-11-9-20(10-12-21)14-17-4-3-13-23-17/h3-8,13H,2,9-12,14H2,1H3,(H,19,24). The molecule has 1 aromatic carbocycles. The van der Waals surface area contributed by atoms with Gasteiger partial charge in [0.2, 0.25) is 0 Å². The monoisotopic (exact) mass is 345 g/mol. The highest BCUT2D eigenvalue weighted by Crippen LogP contribution is 2.17. The van der Waals surface area contributed by atoms with Crippen molar-refractivity contribution in [1.29, 1.82) is 0 Å². The quantitative estimate of drug-likeness (QED) is 0.840. The molecule has 0 aliphatic carbocycles. The summed E-state index contributed by atoms with van der Waals surface area (Å²) < 4.78 is 10.9. The van der Waals surface area contributed by atoms with Crippen molar-refractivity contribution >= 4 is 23.0 Å². The van der Waals surface area contributed by atoms with E-state index in [0.29, 0.717) is 6.61 Å². The van der Waals surface area contributed by atoms with Gasteiger partial charge in [-0.1, -0.05) is 0 Å². The van der Waals surface area contributed by atoms with Crippen LogP contribution in [0.15, 0.2) is 47.1 Å². The first kappa shape index (κ1) is 16.8. The number of nitrogens with zero attached hydrogens (tertiary/aromatic N) is 2. The van der Waals surface area contributed by atoms with Gasteiger partial charge in [-0.25, -0.2) is 0 Å². The number of thiocarbonyl (C=S) groups is 1. The topological polar surface area (TPSA) is 40.9 Å². The summed E-state index contributed by atoms with van der Waals surface area (Å²) in [6.45, 7) is 7.31. The van der Waals surface area contributed by atoms with Gasteiger partial charge in [0.15, 0.2) is 5.11 Å². The van der Waals surface area contributed by atoms with Gasteiger partial charge in [0, 0.05) is 31.9 Å². The van der Waals surface area contributed by atoms with Crippen LogP contribution in [0.4, 0.5) is 5.69 Å². The Labute approximate surface area is 148 Å². The summed E-state index contributed by atoms with van der Waals surface area (Å²) in [4.78, 5) is 4.60. The summed E-state index contributed by atoms with van der Waals surface area (Å²) in [7, 11) is 0. The first-order chi connectivity index (χ1) is 11.7. The Hall–Kier alpha value is -2.05. The van der Waals surface area contributed by atoms with Crippen molar-refractivity contribution in [2.75, 3.05) is 38.1 Å². The fourth-order valence-corrected chi connectivity index (χ4v) is 3.04. The van der Waals surface area contributed by atoms with E-state index >= 15 is 0 Å². The molecule has 1 fully saturated rings. The van der Waals surface area contributed by atoms with Crippen LogP contribution < -0.4 is 10.1 Å². The maximum absolute atomic E-state index is 5.54. The first-order valence-corrected chi connectivity index (χ1v) is 8.69. The zero-order valence-electron chi connectivity index (χ0n) is 13.9. The Morgan fingerprint density at radius 1 is 1.17 bits per heavy atom. The van der Waals surface area contributed by atoms with Crippen LogP contribution in [-0.2, 0) is 6.54 Å². The molecule has 0 atom stereocenters. The normalized spacial score (nSPS) is 15.3. The van der Waals surface area contributed by atoms with E-state index in [1.807, 2.05) is 43.3 Å². The zero-order chi connectivity index (χ0) is 16.8. The summed E-state index contributed by atoms with van der Waals surface area (Å²) in [6.07, 6.45) is 1.72. The zero-order valence-corrected chi connectivity index (χ0v) is 14.7. The van der Waals surface area contributed by atoms with Gasteiger partial charge in [-0.3, -0.25) is 4.90 Å². The van der Waals surface area contributed by atoms with E-state index in [1.54, 1.807) is 6.26 Å². The predicted molar refractivity (Wildman–Crippen MR) is 99.4 cm³/mol. The molecule has 0 amide bonds. The minimum atomic E-state index is 0.674. The molecule has 6 heteroatoms. The lowest BCUT2D eigenvalue weighted by atomic mass is 10.3. The molecule has 0 radical (unpaired) electrons. The van der Waals surface area contributed by atoms with E-state index in [9.17, 15) is 0 Å². The van der Waals surface area contributed by atoms with Crippen molar-refractivity contribution in [3.8, 4) is 5.75 Å². The number of piperazine rings is 1. The van der Waals surface area contributed by atoms with Gasteiger partial charge < -0.3 is 19.4 Å². The number of nitrogens with one attached hydrogen (secondary N) is 1. The second-order valence-electron chi connectivity index (χ2n) is 5.73. The van der Waals surface area contributed by atoms with Gasteiger partial charge in [-0.05, 0) is 55.5 Å². The maximum atomic E-state index is 5.54. The molecule has 2 aromatic rings. The molecular formula is C18H23N3O2S. The van der Waals surface area contributed by atoms with Gasteiger partial charge in [0.25, 0.3) is 0 Å². The smallest absolute Gasteiger partial charge is 0.173 e. The molecule has 1 aliphatic heterocycles. The molecule has 0 unspecified atom stereocenters. The minimum Gasteiger partial charge on any atom is -0.494 e. The number of hydrogen-bond acceptors (Lipinski definition) is 4. The van der Waals surface area contributed by atoms with Gasteiger partial charge in [0.05, 0.1) is 19.4 Å². The van der Waals surface area contributed by atoms with Crippen LogP contribution >= 0.6 is 12.2 Å². The van der Waals surface area contributed by atoms with E-state index in [1.165, 1.54) is 0 Å². The van der Waals surface area contributed by atoms with Crippen LogP contribution in [-0.4, -0.2) is 47.7 Å². The van der Waals surface area contributed by atoms with Crippen molar-refractivity contribution in [1.82, 2.24) is 9.80 Å². The summed E-state index contributed by atoms with van der Waals surface area (Å²) in [6, 6.07) is 11.8. The molecule has 1 saturated heterocycles. The average molecular weight is 345 g/mol. The molecule has 0 saturated carbocycles. The lowest BCUT2D eigenvalue weighted by Crippen LogP contribution is -2.49. The van der Waals surface area contributed by atoms with Crippen molar-refractivity contribution in [3.05, 3.63) is 48.4 Å². The second-order valence-corrected chi connectivity index (χ2v) is 6.12. The highest BCUT2D eigenvalue weighted by Gasteiger charge is 2.19. The summed E-state index contributed by atoms with van der Waals surface area (Å²) >= 11 is 5.54. The van der Waals surface area contributed by atoms with Crippen molar-refractivity contribution in [3.63, 3.8) is 0 Å². The Kier molecular flexibility index (Phi) is 5.72. The molecular weight excluding hydrogens is 322 g/mol. The molecule has 0 spiro atoms. The largest absolute Gasteiger partial charge is 0.494 e. The molecule has 128 valence electrons. The Balaban J connectivity index is 1.46. The SMILES string of the molecule is CCOc1ccc(NC(=S)N2CCN(Cc3ccco3)CC2)cc1. The fourth-order valence-electron chi connectivity index (χ4n) is 2.74. The Bertz CT molecular complexity index is 635. The van der Waals surface area contributed by atoms with Crippen molar-refractivity contribution < 1.29 is 9.15 Å². The molecule has 24 heavy (non-hydrogen) atoms. The van der Waals surface area contributed by atoms with Crippen LogP contribution in [0.1, 0.15) is 12.7 Å². The van der Waals surface area contributed by atoms with Gasteiger partial charge in [-0.2, -0.15) is 0 Å². The molecule has 2 heterocycles. The van der Waals surface area contributed by atoms with E-state index in [2.05, 4.69) is 15.1 Å². The van der Waals surface area contributed by atoms with Crippen molar-refractivity contribution in [2.45, 2.75) is 13.5 Å². The van der Waals surface area contributed by atoms with E-state index in [-0.39, 0.29) is 0 Å². The van der Waals surface area contributed by atoms with Gasteiger partial charge in [-0.15, -0.1) is 0 Å². The van der Waals surface area contributed by atoms with Gasteiger partial charge in [0.1, 0.15) is 11.5 Å². The lowest BCUT2D eigenvalue weighted by Gasteiger charge is -2.35. The Morgan fingerprint density at radius 2 is 1.92 bits per heavy atom. The van der Waals surface area contributed by atoms with E-state index in [4.69, 9.17) is 21.4 Å². The molecule has 1 aromatic heterocycles. The van der Waals surface area contributed by atoms with Crippen LogP contribution in [0.3, 0.4) is 0 Å². The molecule has 5 nitrogen and oxygen atoms in total.